The maximum absolute atomic E-state index is 15.0. The summed E-state index contributed by atoms with van der Waals surface area (Å²) in [6, 6.07) is 16.8. The number of aryl methyl sites for hydroxylation is 1. The van der Waals surface area contributed by atoms with Gasteiger partial charge in [0.1, 0.15) is 4.91 Å². The van der Waals surface area contributed by atoms with E-state index < -0.39 is 43.4 Å². The van der Waals surface area contributed by atoms with Crippen LogP contribution in [0.1, 0.15) is 48.2 Å². The molecule has 0 aliphatic heterocycles. The zero-order valence-electron chi connectivity index (χ0n) is 23.2. The third-order valence-electron chi connectivity index (χ3n) is 6.54. The molecule has 4 rings (SSSR count). The second-order valence-electron chi connectivity index (χ2n) is 9.69. The normalized spacial score (nSPS) is 17.5. The van der Waals surface area contributed by atoms with Gasteiger partial charge in [-0.15, -0.1) is 0 Å². The Hall–Kier alpha value is -2.63. The lowest BCUT2D eigenvalue weighted by Gasteiger charge is -2.40. The minimum absolute atomic E-state index is 0.0590. The van der Waals surface area contributed by atoms with Crippen LogP contribution in [0, 0.1) is 6.92 Å². The van der Waals surface area contributed by atoms with Crippen LogP contribution in [0.15, 0.2) is 93.6 Å². The van der Waals surface area contributed by atoms with Crippen molar-refractivity contribution >= 4 is 44.8 Å². The van der Waals surface area contributed by atoms with Gasteiger partial charge in [-0.1, -0.05) is 67.4 Å². The van der Waals surface area contributed by atoms with Crippen LogP contribution in [0.4, 0.5) is 0 Å². The third kappa shape index (κ3) is 6.05. The number of Topliss-reactive ketones (excluding diaryl/α,β-unsaturated/α-hetero) is 1. The molecule has 1 N–H and O–H groups in total. The molecule has 3 aromatic rings. The predicted molar refractivity (Wildman–Crippen MR) is 161 cm³/mol. The van der Waals surface area contributed by atoms with Crippen molar-refractivity contribution in [2.45, 2.75) is 48.7 Å². The van der Waals surface area contributed by atoms with E-state index in [0.29, 0.717) is 12.8 Å². The van der Waals surface area contributed by atoms with Crippen molar-refractivity contribution in [3.8, 4) is 0 Å². The van der Waals surface area contributed by atoms with Gasteiger partial charge in [0.15, 0.2) is 5.28 Å². The number of ketones is 1. The number of sulfonamides is 1. The van der Waals surface area contributed by atoms with Crippen LogP contribution in [0.5, 0.6) is 0 Å². The van der Waals surface area contributed by atoms with Gasteiger partial charge in [-0.2, -0.15) is 4.72 Å². The molecule has 0 saturated heterocycles. The highest BCUT2D eigenvalue weighted by Gasteiger charge is 2.58. The summed E-state index contributed by atoms with van der Waals surface area (Å²) in [5.41, 5.74) is 0.576. The quantitative estimate of drug-likeness (QED) is 0.223. The van der Waals surface area contributed by atoms with Crippen LogP contribution < -0.4 is 4.72 Å². The number of carbonyl (C=O) groups is 1. The first-order valence-corrected chi connectivity index (χ1v) is 18.1. The lowest BCUT2D eigenvalue weighted by Crippen LogP contribution is -2.48. The van der Waals surface area contributed by atoms with Crippen molar-refractivity contribution in [2.75, 3.05) is 13.2 Å². The second kappa shape index (κ2) is 12.5. The van der Waals surface area contributed by atoms with Gasteiger partial charge in [0, 0.05) is 16.1 Å². The van der Waals surface area contributed by atoms with Crippen molar-refractivity contribution in [2.24, 2.45) is 0 Å². The van der Waals surface area contributed by atoms with Gasteiger partial charge in [-0.05, 0) is 62.2 Å². The molecule has 0 bridgehead atoms. The van der Waals surface area contributed by atoms with Gasteiger partial charge >= 0.3 is 7.60 Å². The van der Waals surface area contributed by atoms with E-state index in [2.05, 4.69) is 4.72 Å². The molecule has 42 heavy (non-hydrogen) atoms. The Morgan fingerprint density at radius 1 is 0.833 bits per heavy atom. The van der Waals surface area contributed by atoms with E-state index in [1.54, 1.807) is 32.9 Å². The summed E-state index contributed by atoms with van der Waals surface area (Å²) in [4.78, 5) is 12.6. The summed E-state index contributed by atoms with van der Waals surface area (Å²) < 4.78 is 84.9. The van der Waals surface area contributed by atoms with Gasteiger partial charge in [0.25, 0.3) is 0 Å². The van der Waals surface area contributed by atoms with E-state index in [-0.39, 0.29) is 39.2 Å². The molecule has 1 aliphatic rings. The first-order chi connectivity index (χ1) is 19.8. The number of allylic oxidation sites excluding steroid dienone is 1. The molecular formula is C29H31ClNO8PS2. The molecular weight excluding hydrogens is 621 g/mol. The maximum atomic E-state index is 15.0. The van der Waals surface area contributed by atoms with Crippen LogP contribution in [0.25, 0.3) is 0 Å². The topological polar surface area (TPSA) is 133 Å². The van der Waals surface area contributed by atoms with Crippen LogP contribution in [0.2, 0.25) is 5.02 Å². The molecule has 0 fully saturated rings. The van der Waals surface area contributed by atoms with Gasteiger partial charge in [0.05, 0.1) is 23.0 Å². The lowest BCUT2D eigenvalue weighted by molar-refractivity contribution is 0.103. The minimum Gasteiger partial charge on any atom is -0.307 e. The summed E-state index contributed by atoms with van der Waals surface area (Å²) in [6.07, 6.45) is 1.65. The molecule has 0 aromatic heterocycles. The number of rotatable bonds is 12. The molecule has 1 atom stereocenters. The van der Waals surface area contributed by atoms with E-state index in [9.17, 15) is 26.2 Å². The van der Waals surface area contributed by atoms with Gasteiger partial charge < -0.3 is 9.05 Å². The van der Waals surface area contributed by atoms with Crippen molar-refractivity contribution in [3.05, 3.63) is 105 Å². The molecule has 224 valence electrons. The number of sulfone groups is 1. The smallest absolute Gasteiger partial charge is 0.307 e. The van der Waals surface area contributed by atoms with Gasteiger partial charge in [0.2, 0.25) is 25.6 Å². The molecule has 0 spiro atoms. The Balaban J connectivity index is 2.10. The third-order valence-corrected chi connectivity index (χ3v) is 12.6. The predicted octanol–water partition coefficient (Wildman–Crippen LogP) is 6.38. The summed E-state index contributed by atoms with van der Waals surface area (Å²) in [6.45, 7) is 5.11. The summed E-state index contributed by atoms with van der Waals surface area (Å²) in [7, 11) is -13.8. The molecule has 0 amide bonds. The van der Waals surface area contributed by atoms with Crippen molar-refractivity contribution in [1.29, 1.82) is 0 Å². The Kier molecular flexibility index (Phi) is 9.64. The zero-order valence-corrected chi connectivity index (χ0v) is 26.5. The number of hydrogen-bond acceptors (Lipinski definition) is 8. The highest BCUT2D eigenvalue weighted by atomic mass is 35.5. The van der Waals surface area contributed by atoms with Crippen LogP contribution in [0.3, 0.4) is 0 Å². The molecule has 0 saturated carbocycles. The van der Waals surface area contributed by atoms with E-state index in [4.69, 9.17) is 20.6 Å². The largest absolute Gasteiger partial charge is 0.360 e. The molecule has 0 radical (unpaired) electrons. The minimum atomic E-state index is -4.65. The SMILES string of the molecule is CCCOP(=O)(OCCC)C1(NS(=O)(=O)c2ccc(C)cc2)C=C(S(=O)(=O)c2ccc(Cl)cc2)C(=O)c2ccccc21. The average molecular weight is 652 g/mol. The number of hydrogen-bond donors (Lipinski definition) is 1. The molecule has 3 aromatic carbocycles. The fraction of sp³-hybridized carbons (Fsp3) is 0.276. The number of halogens is 1. The number of nitrogens with one attached hydrogen (secondary N) is 1. The van der Waals surface area contributed by atoms with Crippen molar-refractivity contribution < 1.29 is 35.2 Å². The standard InChI is InChI=1S/C29H31ClNO8PS2/c1-4-18-38-40(33,39-19-5-2)29(31-42(36,37)24-14-10-21(3)11-15-24)20-27(28(32)25-8-6-7-9-26(25)29)41(34,35)23-16-12-22(30)13-17-23/h6-17,20,31H,4-5,18-19H2,1-3H3. The zero-order chi connectivity index (χ0) is 30.8. The molecule has 0 heterocycles. The van der Waals surface area contributed by atoms with E-state index in [1.807, 2.05) is 0 Å². The second-order valence-corrected chi connectivity index (χ2v) is 15.9. The summed E-state index contributed by atoms with van der Waals surface area (Å²) >= 11 is 5.96. The Bertz CT molecular complexity index is 1760. The van der Waals surface area contributed by atoms with Crippen LogP contribution in [-0.4, -0.2) is 35.8 Å². The Morgan fingerprint density at radius 2 is 1.38 bits per heavy atom. The first kappa shape index (κ1) is 32.3. The van der Waals surface area contributed by atoms with Crippen molar-refractivity contribution in [1.82, 2.24) is 4.72 Å². The highest BCUT2D eigenvalue weighted by Crippen LogP contribution is 2.67. The van der Waals surface area contributed by atoms with Gasteiger partial charge in [-0.25, -0.2) is 16.8 Å². The molecule has 9 nitrogen and oxygen atoms in total. The number of benzene rings is 3. The average Bonchev–Trinajstić information content (AvgIpc) is 2.96. The molecule has 1 aliphatic carbocycles. The fourth-order valence-electron chi connectivity index (χ4n) is 4.43. The van der Waals surface area contributed by atoms with E-state index in [1.165, 1.54) is 60.7 Å². The summed E-state index contributed by atoms with van der Waals surface area (Å²) in [5.74, 6) is -0.900. The van der Waals surface area contributed by atoms with Crippen LogP contribution in [-0.2, 0) is 38.8 Å². The molecule has 13 heteroatoms. The van der Waals surface area contributed by atoms with E-state index >= 15 is 0 Å². The van der Waals surface area contributed by atoms with Crippen molar-refractivity contribution in [3.63, 3.8) is 0 Å². The van der Waals surface area contributed by atoms with Crippen LogP contribution >= 0.6 is 19.2 Å². The number of carbonyl (C=O) groups excluding carboxylic acids is 1. The molecule has 1 unspecified atom stereocenters. The first-order valence-electron chi connectivity index (χ1n) is 13.2. The monoisotopic (exact) mass is 651 g/mol. The fourth-order valence-corrected chi connectivity index (χ4v) is 10.2. The summed E-state index contributed by atoms with van der Waals surface area (Å²) in [5, 5.41) is -2.16. The highest BCUT2D eigenvalue weighted by molar-refractivity contribution is 7.96. The Labute approximate surface area is 251 Å². The van der Waals surface area contributed by atoms with E-state index in [0.717, 1.165) is 11.6 Å². The van der Waals surface area contributed by atoms with Gasteiger partial charge in [-0.3, -0.25) is 9.36 Å². The lowest BCUT2D eigenvalue weighted by atomic mass is 9.92. The number of fused-ring (bicyclic) bond motifs is 1. The maximum Gasteiger partial charge on any atom is 0.360 e. The Morgan fingerprint density at radius 3 is 1.95 bits per heavy atom.